The van der Waals surface area contributed by atoms with Gasteiger partial charge in [-0.05, 0) is 68.1 Å². The average molecular weight is 408 g/mol. The minimum Gasteiger partial charge on any atom is -0.336 e. The van der Waals surface area contributed by atoms with E-state index in [0.29, 0.717) is 11.6 Å². The standard InChI is InChI=1S/C20H22F2N2O3S/c1-2-16-5-3-4-12-24(16)20(25)14-6-8-15(9-7-14)23-28(26,27)17-10-11-18(21)19(22)13-17/h6-11,13,16,23H,2-5,12H2,1H3/t16-/m1/s1. The molecule has 2 aromatic carbocycles. The number of nitrogens with one attached hydrogen (secondary N) is 1. The van der Waals surface area contributed by atoms with Gasteiger partial charge in [-0.2, -0.15) is 0 Å². The third-order valence-electron chi connectivity index (χ3n) is 4.94. The fourth-order valence-corrected chi connectivity index (χ4v) is 4.47. The van der Waals surface area contributed by atoms with Gasteiger partial charge in [-0.1, -0.05) is 6.92 Å². The summed E-state index contributed by atoms with van der Waals surface area (Å²) >= 11 is 0. The monoisotopic (exact) mass is 408 g/mol. The molecule has 0 aromatic heterocycles. The van der Waals surface area contributed by atoms with Crippen LogP contribution in [0.4, 0.5) is 14.5 Å². The van der Waals surface area contributed by atoms with E-state index in [1.165, 1.54) is 12.1 Å². The summed E-state index contributed by atoms with van der Waals surface area (Å²) in [5.74, 6) is -2.43. The summed E-state index contributed by atoms with van der Waals surface area (Å²) in [6, 6.07) is 8.68. The minimum absolute atomic E-state index is 0.0680. The zero-order chi connectivity index (χ0) is 20.3. The predicted octanol–water partition coefficient (Wildman–Crippen LogP) is 4.17. The lowest BCUT2D eigenvalue weighted by Gasteiger charge is -2.35. The number of halogens is 2. The van der Waals surface area contributed by atoms with Gasteiger partial charge in [-0.3, -0.25) is 9.52 Å². The number of nitrogens with zero attached hydrogens (tertiary/aromatic N) is 1. The first-order chi connectivity index (χ1) is 13.3. The van der Waals surface area contributed by atoms with Crippen molar-refractivity contribution in [1.29, 1.82) is 0 Å². The van der Waals surface area contributed by atoms with E-state index >= 15 is 0 Å². The highest BCUT2D eigenvalue weighted by Gasteiger charge is 2.26. The highest BCUT2D eigenvalue weighted by Crippen LogP contribution is 2.23. The van der Waals surface area contributed by atoms with Gasteiger partial charge in [0.25, 0.3) is 15.9 Å². The van der Waals surface area contributed by atoms with Crippen LogP contribution in [-0.4, -0.2) is 31.8 Å². The molecular weight excluding hydrogens is 386 g/mol. The van der Waals surface area contributed by atoms with Crippen LogP contribution in [-0.2, 0) is 10.0 Å². The Labute approximate surface area is 163 Å². The molecule has 150 valence electrons. The summed E-state index contributed by atoms with van der Waals surface area (Å²) in [6.07, 6.45) is 3.99. The summed E-state index contributed by atoms with van der Waals surface area (Å²) in [7, 11) is -4.07. The quantitative estimate of drug-likeness (QED) is 0.808. The molecule has 0 radical (unpaired) electrons. The number of amides is 1. The molecule has 2 aromatic rings. The Morgan fingerprint density at radius 3 is 2.46 bits per heavy atom. The molecule has 0 spiro atoms. The Kier molecular flexibility index (Phi) is 5.98. The molecule has 8 heteroatoms. The van der Waals surface area contributed by atoms with E-state index in [2.05, 4.69) is 11.6 Å². The molecule has 1 heterocycles. The van der Waals surface area contributed by atoms with Crippen LogP contribution in [0.25, 0.3) is 0 Å². The van der Waals surface area contributed by atoms with Gasteiger partial charge >= 0.3 is 0 Å². The molecule has 0 bridgehead atoms. The number of rotatable bonds is 5. The average Bonchev–Trinajstić information content (AvgIpc) is 2.69. The van der Waals surface area contributed by atoms with Crippen molar-refractivity contribution < 1.29 is 22.0 Å². The fourth-order valence-electron chi connectivity index (χ4n) is 3.40. The molecule has 1 atom stereocenters. The summed E-state index contributed by atoms with van der Waals surface area (Å²) in [5, 5.41) is 0. The van der Waals surface area contributed by atoms with Crippen LogP contribution < -0.4 is 4.72 Å². The van der Waals surface area contributed by atoms with E-state index in [-0.39, 0.29) is 22.5 Å². The summed E-state index contributed by atoms with van der Waals surface area (Å²) in [4.78, 5) is 14.3. The molecule has 0 aliphatic carbocycles. The second-order valence-corrected chi connectivity index (χ2v) is 8.50. The lowest BCUT2D eigenvalue weighted by atomic mass is 9.99. The van der Waals surface area contributed by atoms with Crippen molar-refractivity contribution in [2.24, 2.45) is 0 Å². The maximum Gasteiger partial charge on any atom is 0.261 e. The largest absolute Gasteiger partial charge is 0.336 e. The lowest BCUT2D eigenvalue weighted by Crippen LogP contribution is -2.43. The van der Waals surface area contributed by atoms with Gasteiger partial charge in [0.1, 0.15) is 0 Å². The maximum absolute atomic E-state index is 13.3. The van der Waals surface area contributed by atoms with Crippen molar-refractivity contribution in [3.05, 3.63) is 59.7 Å². The van der Waals surface area contributed by atoms with Gasteiger partial charge in [0.05, 0.1) is 4.90 Å². The molecule has 1 aliphatic rings. The van der Waals surface area contributed by atoms with Crippen LogP contribution in [0.2, 0.25) is 0 Å². The highest BCUT2D eigenvalue weighted by molar-refractivity contribution is 7.92. The third-order valence-corrected chi connectivity index (χ3v) is 6.32. The van der Waals surface area contributed by atoms with Crippen molar-refractivity contribution in [2.75, 3.05) is 11.3 Å². The Balaban J connectivity index is 1.75. The van der Waals surface area contributed by atoms with Gasteiger partial charge in [-0.25, -0.2) is 17.2 Å². The summed E-state index contributed by atoms with van der Waals surface area (Å²) in [5.41, 5.74) is 0.711. The van der Waals surface area contributed by atoms with Gasteiger partial charge in [0.15, 0.2) is 11.6 Å². The van der Waals surface area contributed by atoms with E-state index in [1.54, 1.807) is 12.1 Å². The molecule has 1 amide bonds. The molecule has 1 N–H and O–H groups in total. The molecule has 0 saturated carbocycles. The van der Waals surface area contributed by atoms with Crippen LogP contribution >= 0.6 is 0 Å². The molecule has 1 aliphatic heterocycles. The highest BCUT2D eigenvalue weighted by atomic mass is 32.2. The minimum atomic E-state index is -4.07. The van der Waals surface area contributed by atoms with Crippen molar-refractivity contribution >= 4 is 21.6 Å². The Hall–Kier alpha value is -2.48. The van der Waals surface area contributed by atoms with Gasteiger partial charge in [-0.15, -0.1) is 0 Å². The summed E-state index contributed by atoms with van der Waals surface area (Å²) in [6.45, 7) is 2.79. The number of carbonyl (C=O) groups is 1. The van der Waals surface area contributed by atoms with E-state index in [0.717, 1.165) is 44.4 Å². The van der Waals surface area contributed by atoms with Crippen molar-refractivity contribution in [2.45, 2.75) is 43.5 Å². The van der Waals surface area contributed by atoms with Crippen LogP contribution in [0.5, 0.6) is 0 Å². The third kappa shape index (κ3) is 4.32. The maximum atomic E-state index is 13.3. The van der Waals surface area contributed by atoms with Crippen molar-refractivity contribution in [1.82, 2.24) is 4.90 Å². The Bertz CT molecular complexity index is 962. The first-order valence-corrected chi connectivity index (χ1v) is 10.7. The van der Waals surface area contributed by atoms with Gasteiger partial charge in [0.2, 0.25) is 0 Å². The number of hydrogen-bond acceptors (Lipinski definition) is 3. The Morgan fingerprint density at radius 1 is 1.11 bits per heavy atom. The zero-order valence-electron chi connectivity index (χ0n) is 15.5. The molecular formula is C20H22F2N2O3S. The molecule has 28 heavy (non-hydrogen) atoms. The zero-order valence-corrected chi connectivity index (χ0v) is 16.3. The molecule has 0 unspecified atom stereocenters. The second kappa shape index (κ2) is 8.26. The predicted molar refractivity (Wildman–Crippen MR) is 103 cm³/mol. The van der Waals surface area contributed by atoms with Crippen LogP contribution in [0.3, 0.4) is 0 Å². The van der Waals surface area contributed by atoms with E-state index < -0.39 is 21.7 Å². The normalized spacial score (nSPS) is 17.4. The SMILES string of the molecule is CC[C@@H]1CCCCN1C(=O)c1ccc(NS(=O)(=O)c2ccc(F)c(F)c2)cc1. The number of likely N-dealkylation sites (tertiary alicyclic amines) is 1. The van der Waals surface area contributed by atoms with E-state index in [9.17, 15) is 22.0 Å². The number of anilines is 1. The molecule has 5 nitrogen and oxygen atoms in total. The molecule has 3 rings (SSSR count). The molecule has 1 saturated heterocycles. The van der Waals surface area contributed by atoms with Crippen molar-refractivity contribution in [3.8, 4) is 0 Å². The number of benzene rings is 2. The van der Waals surface area contributed by atoms with Crippen molar-refractivity contribution in [3.63, 3.8) is 0 Å². The van der Waals surface area contributed by atoms with E-state index in [1.807, 2.05) is 4.90 Å². The van der Waals surface area contributed by atoms with Crippen LogP contribution in [0.1, 0.15) is 43.0 Å². The van der Waals surface area contributed by atoms with Crippen LogP contribution in [0, 0.1) is 11.6 Å². The van der Waals surface area contributed by atoms with Gasteiger partial charge < -0.3 is 4.90 Å². The summed E-state index contributed by atoms with van der Waals surface area (Å²) < 4.78 is 53.3. The molecule has 1 fully saturated rings. The topological polar surface area (TPSA) is 66.5 Å². The van der Waals surface area contributed by atoms with Gasteiger partial charge in [0, 0.05) is 23.8 Å². The number of piperidine rings is 1. The second-order valence-electron chi connectivity index (χ2n) is 6.82. The fraction of sp³-hybridized carbons (Fsp3) is 0.350. The van der Waals surface area contributed by atoms with Crippen LogP contribution in [0.15, 0.2) is 47.4 Å². The first kappa shape index (κ1) is 20.3. The number of hydrogen-bond donors (Lipinski definition) is 1. The first-order valence-electron chi connectivity index (χ1n) is 9.20. The number of carbonyl (C=O) groups excluding carboxylic acids is 1. The Morgan fingerprint density at radius 2 is 1.82 bits per heavy atom. The smallest absolute Gasteiger partial charge is 0.261 e. The lowest BCUT2D eigenvalue weighted by molar-refractivity contribution is 0.0608. The number of sulfonamides is 1. The van der Waals surface area contributed by atoms with E-state index in [4.69, 9.17) is 0 Å².